The first kappa shape index (κ1) is 18.0. The first-order valence-electron chi connectivity index (χ1n) is 8.99. The highest BCUT2D eigenvalue weighted by Gasteiger charge is 2.21. The van der Waals surface area contributed by atoms with E-state index in [9.17, 15) is 4.79 Å². The van der Waals surface area contributed by atoms with Crippen molar-refractivity contribution in [3.8, 4) is 0 Å². The van der Waals surface area contributed by atoms with E-state index >= 15 is 0 Å². The van der Waals surface area contributed by atoms with Crippen LogP contribution in [0.5, 0.6) is 0 Å². The summed E-state index contributed by atoms with van der Waals surface area (Å²) in [6.07, 6.45) is 2.24. The molecule has 1 amide bonds. The van der Waals surface area contributed by atoms with Gasteiger partial charge in [-0.2, -0.15) is 0 Å². The molecule has 0 spiro atoms. The molecule has 1 aliphatic rings. The Hall–Kier alpha value is -1.39. The van der Waals surface area contributed by atoms with E-state index in [4.69, 9.17) is 0 Å². The van der Waals surface area contributed by atoms with Crippen LogP contribution >= 0.6 is 0 Å². The van der Waals surface area contributed by atoms with Crippen molar-refractivity contribution >= 4 is 5.91 Å². The van der Waals surface area contributed by atoms with Gasteiger partial charge >= 0.3 is 0 Å². The Morgan fingerprint density at radius 2 is 1.70 bits per heavy atom. The SMILES string of the molecule is CCCCN(CC)C(=O)CN1CCN(Cc2ccccc2)CC1. The van der Waals surface area contributed by atoms with E-state index < -0.39 is 0 Å². The topological polar surface area (TPSA) is 26.8 Å². The zero-order chi connectivity index (χ0) is 16.5. The Labute approximate surface area is 141 Å². The number of likely N-dealkylation sites (N-methyl/N-ethyl adjacent to an activating group) is 1. The van der Waals surface area contributed by atoms with Crippen LogP contribution in [0.1, 0.15) is 32.3 Å². The van der Waals surface area contributed by atoms with Crippen LogP contribution in [0.25, 0.3) is 0 Å². The summed E-state index contributed by atoms with van der Waals surface area (Å²) in [6, 6.07) is 10.6. The van der Waals surface area contributed by atoms with Gasteiger partial charge in [-0.1, -0.05) is 43.7 Å². The van der Waals surface area contributed by atoms with Crippen LogP contribution in [0.4, 0.5) is 0 Å². The highest BCUT2D eigenvalue weighted by atomic mass is 16.2. The summed E-state index contributed by atoms with van der Waals surface area (Å²) in [5.74, 6) is 0.289. The number of rotatable bonds is 8. The summed E-state index contributed by atoms with van der Waals surface area (Å²) in [7, 11) is 0. The van der Waals surface area contributed by atoms with Crippen LogP contribution in [-0.4, -0.2) is 66.4 Å². The number of carbonyl (C=O) groups excluding carboxylic acids is 1. The highest BCUT2D eigenvalue weighted by molar-refractivity contribution is 5.78. The third kappa shape index (κ3) is 5.96. The lowest BCUT2D eigenvalue weighted by Gasteiger charge is -2.35. The maximum absolute atomic E-state index is 12.4. The summed E-state index contributed by atoms with van der Waals surface area (Å²) in [4.78, 5) is 19.2. The zero-order valence-electron chi connectivity index (χ0n) is 14.7. The molecule has 0 radical (unpaired) electrons. The van der Waals surface area contributed by atoms with Gasteiger partial charge in [0.05, 0.1) is 6.54 Å². The quantitative estimate of drug-likeness (QED) is 0.737. The second-order valence-electron chi connectivity index (χ2n) is 6.36. The van der Waals surface area contributed by atoms with E-state index in [-0.39, 0.29) is 5.91 Å². The van der Waals surface area contributed by atoms with Crippen molar-refractivity contribution in [2.24, 2.45) is 0 Å². The van der Waals surface area contributed by atoms with Crippen LogP contribution in [0.2, 0.25) is 0 Å². The number of carbonyl (C=O) groups is 1. The molecule has 23 heavy (non-hydrogen) atoms. The van der Waals surface area contributed by atoms with Crippen LogP contribution in [0.3, 0.4) is 0 Å². The van der Waals surface area contributed by atoms with Gasteiger partial charge in [0.2, 0.25) is 5.91 Å². The monoisotopic (exact) mass is 317 g/mol. The number of nitrogens with zero attached hydrogens (tertiary/aromatic N) is 3. The molecular formula is C19H31N3O. The maximum Gasteiger partial charge on any atom is 0.236 e. The minimum absolute atomic E-state index is 0.289. The lowest BCUT2D eigenvalue weighted by atomic mass is 10.2. The Bertz CT molecular complexity index is 455. The Kier molecular flexibility index (Phi) is 7.56. The number of benzene rings is 1. The molecule has 0 saturated carbocycles. The molecule has 0 aliphatic carbocycles. The number of hydrogen-bond acceptors (Lipinski definition) is 3. The standard InChI is InChI=1S/C19H31N3O/c1-3-5-11-22(4-2)19(23)17-21-14-12-20(13-15-21)16-18-9-7-6-8-10-18/h6-10H,3-5,11-17H2,1-2H3. The second-order valence-corrected chi connectivity index (χ2v) is 6.36. The van der Waals surface area contributed by atoms with Crippen molar-refractivity contribution in [3.63, 3.8) is 0 Å². The maximum atomic E-state index is 12.4. The lowest BCUT2D eigenvalue weighted by Crippen LogP contribution is -2.49. The van der Waals surface area contributed by atoms with Crippen molar-refractivity contribution in [1.82, 2.24) is 14.7 Å². The number of hydrogen-bond donors (Lipinski definition) is 0. The Balaban J connectivity index is 1.72. The van der Waals surface area contributed by atoms with Crippen molar-refractivity contribution < 1.29 is 4.79 Å². The smallest absolute Gasteiger partial charge is 0.236 e. The molecular weight excluding hydrogens is 286 g/mol. The molecule has 4 heteroatoms. The largest absolute Gasteiger partial charge is 0.342 e. The molecule has 1 saturated heterocycles. The molecule has 0 aromatic heterocycles. The van der Waals surface area contributed by atoms with E-state index in [1.54, 1.807) is 0 Å². The first-order valence-corrected chi connectivity index (χ1v) is 8.99. The van der Waals surface area contributed by atoms with Crippen molar-refractivity contribution in [2.45, 2.75) is 33.2 Å². The van der Waals surface area contributed by atoms with E-state index in [2.05, 4.69) is 54.0 Å². The molecule has 0 atom stereocenters. The second kappa shape index (κ2) is 9.68. The summed E-state index contributed by atoms with van der Waals surface area (Å²) >= 11 is 0. The molecule has 1 aliphatic heterocycles. The minimum atomic E-state index is 0.289. The average molecular weight is 317 g/mol. The van der Waals surface area contributed by atoms with Gasteiger partial charge < -0.3 is 4.90 Å². The third-order valence-corrected chi connectivity index (χ3v) is 4.59. The zero-order valence-corrected chi connectivity index (χ0v) is 14.7. The fourth-order valence-electron chi connectivity index (χ4n) is 3.05. The van der Waals surface area contributed by atoms with Crippen molar-refractivity contribution in [1.29, 1.82) is 0 Å². The molecule has 0 bridgehead atoms. The Morgan fingerprint density at radius 3 is 2.30 bits per heavy atom. The van der Waals surface area contributed by atoms with Gasteiger partial charge in [0.1, 0.15) is 0 Å². The van der Waals surface area contributed by atoms with E-state index in [1.807, 2.05) is 4.90 Å². The van der Waals surface area contributed by atoms with E-state index in [0.717, 1.165) is 58.7 Å². The minimum Gasteiger partial charge on any atom is -0.342 e. The fourth-order valence-corrected chi connectivity index (χ4v) is 3.05. The van der Waals surface area contributed by atoms with Gasteiger partial charge in [0, 0.05) is 45.8 Å². The molecule has 1 aromatic carbocycles. The number of piperazine rings is 1. The fraction of sp³-hybridized carbons (Fsp3) is 0.632. The first-order chi connectivity index (χ1) is 11.2. The lowest BCUT2D eigenvalue weighted by molar-refractivity contribution is -0.132. The summed E-state index contributed by atoms with van der Waals surface area (Å²) in [5, 5.41) is 0. The summed E-state index contributed by atoms with van der Waals surface area (Å²) in [5.41, 5.74) is 1.37. The van der Waals surface area contributed by atoms with Crippen LogP contribution in [0.15, 0.2) is 30.3 Å². The molecule has 0 N–H and O–H groups in total. The van der Waals surface area contributed by atoms with Crippen molar-refractivity contribution in [2.75, 3.05) is 45.8 Å². The number of amides is 1. The average Bonchev–Trinajstić information content (AvgIpc) is 2.58. The summed E-state index contributed by atoms with van der Waals surface area (Å²) < 4.78 is 0. The summed E-state index contributed by atoms with van der Waals surface area (Å²) in [6.45, 7) is 11.6. The molecule has 128 valence electrons. The van der Waals surface area contributed by atoms with Gasteiger partial charge in [-0.25, -0.2) is 0 Å². The Morgan fingerprint density at radius 1 is 1.04 bits per heavy atom. The normalized spacial score (nSPS) is 16.4. The predicted molar refractivity (Wildman–Crippen MR) is 95.3 cm³/mol. The van der Waals surface area contributed by atoms with Crippen LogP contribution in [0, 0.1) is 0 Å². The van der Waals surface area contributed by atoms with Crippen LogP contribution in [-0.2, 0) is 11.3 Å². The van der Waals surface area contributed by atoms with Gasteiger partial charge in [0.15, 0.2) is 0 Å². The van der Waals surface area contributed by atoms with Gasteiger partial charge in [-0.05, 0) is 18.9 Å². The number of unbranched alkanes of at least 4 members (excludes halogenated alkanes) is 1. The van der Waals surface area contributed by atoms with E-state index in [0.29, 0.717) is 6.54 Å². The predicted octanol–water partition coefficient (Wildman–Crippen LogP) is 2.45. The van der Waals surface area contributed by atoms with Crippen LogP contribution < -0.4 is 0 Å². The van der Waals surface area contributed by atoms with Crippen molar-refractivity contribution in [3.05, 3.63) is 35.9 Å². The van der Waals surface area contributed by atoms with E-state index in [1.165, 1.54) is 5.56 Å². The molecule has 1 fully saturated rings. The molecule has 1 heterocycles. The molecule has 0 unspecified atom stereocenters. The third-order valence-electron chi connectivity index (χ3n) is 4.59. The highest BCUT2D eigenvalue weighted by Crippen LogP contribution is 2.09. The molecule has 4 nitrogen and oxygen atoms in total. The molecule has 1 aromatic rings. The van der Waals surface area contributed by atoms with Gasteiger partial charge in [-0.15, -0.1) is 0 Å². The van der Waals surface area contributed by atoms with Gasteiger partial charge in [-0.3, -0.25) is 14.6 Å². The van der Waals surface area contributed by atoms with Gasteiger partial charge in [0.25, 0.3) is 0 Å². The molecule has 2 rings (SSSR count).